The Balaban J connectivity index is 2.26. The number of carboxylic acids is 1. The van der Waals surface area contributed by atoms with Gasteiger partial charge in [-0.2, -0.15) is 0 Å². The zero-order valence-corrected chi connectivity index (χ0v) is 10.3. The predicted octanol–water partition coefficient (Wildman–Crippen LogP) is 3.46. The zero-order valence-electron chi connectivity index (χ0n) is 10.3. The highest BCUT2D eigenvalue weighted by Gasteiger charge is 2.14. The summed E-state index contributed by atoms with van der Waals surface area (Å²) < 4.78 is 5.28. The van der Waals surface area contributed by atoms with E-state index in [2.05, 4.69) is 5.32 Å². The van der Waals surface area contributed by atoms with E-state index in [1.165, 1.54) is 0 Å². The van der Waals surface area contributed by atoms with Crippen molar-refractivity contribution in [2.24, 2.45) is 0 Å². The Kier molecular flexibility index (Phi) is 3.37. The van der Waals surface area contributed by atoms with Crippen molar-refractivity contribution in [1.82, 2.24) is 0 Å². The first-order chi connectivity index (χ1) is 8.58. The summed E-state index contributed by atoms with van der Waals surface area (Å²) in [6.45, 7) is 3.79. The molecule has 4 heteroatoms. The van der Waals surface area contributed by atoms with Crippen LogP contribution in [0.1, 0.15) is 34.6 Å². The standard InChI is InChI=1S/C14H15NO3/c1-9-5-6-12(11(8-9)14(16)17)15-10(2)13-4-3-7-18-13/h3-8,10,15H,1-2H3,(H,16,17). The molecule has 4 nitrogen and oxygen atoms in total. The van der Waals surface area contributed by atoms with Crippen LogP contribution in [0.3, 0.4) is 0 Å². The second-order valence-corrected chi connectivity index (χ2v) is 4.24. The van der Waals surface area contributed by atoms with Gasteiger partial charge >= 0.3 is 5.97 Å². The summed E-state index contributed by atoms with van der Waals surface area (Å²) in [5.74, 6) is -0.167. The molecule has 1 aromatic heterocycles. The number of aromatic carboxylic acids is 1. The number of hydrogen-bond donors (Lipinski definition) is 2. The summed E-state index contributed by atoms with van der Waals surface area (Å²) in [5.41, 5.74) is 1.79. The molecule has 2 aromatic rings. The molecule has 1 unspecified atom stereocenters. The van der Waals surface area contributed by atoms with Crippen LogP contribution in [-0.4, -0.2) is 11.1 Å². The maximum absolute atomic E-state index is 11.2. The molecule has 0 bridgehead atoms. The number of benzene rings is 1. The highest BCUT2D eigenvalue weighted by Crippen LogP contribution is 2.23. The minimum Gasteiger partial charge on any atom is -0.478 e. The minimum atomic E-state index is -0.937. The minimum absolute atomic E-state index is 0.0826. The normalized spacial score (nSPS) is 12.1. The van der Waals surface area contributed by atoms with Crippen LogP contribution < -0.4 is 5.32 Å². The molecule has 0 aliphatic rings. The molecule has 0 aliphatic heterocycles. The lowest BCUT2D eigenvalue weighted by atomic mass is 10.1. The van der Waals surface area contributed by atoms with E-state index in [0.717, 1.165) is 11.3 Å². The first-order valence-corrected chi connectivity index (χ1v) is 5.72. The number of anilines is 1. The fraction of sp³-hybridized carbons (Fsp3) is 0.214. The molecule has 94 valence electrons. The summed E-state index contributed by atoms with van der Waals surface area (Å²) in [6.07, 6.45) is 1.60. The number of nitrogens with one attached hydrogen (secondary N) is 1. The highest BCUT2D eigenvalue weighted by atomic mass is 16.4. The van der Waals surface area contributed by atoms with Crippen molar-refractivity contribution in [3.63, 3.8) is 0 Å². The van der Waals surface area contributed by atoms with Gasteiger partial charge in [-0.3, -0.25) is 0 Å². The first kappa shape index (κ1) is 12.2. The monoisotopic (exact) mass is 245 g/mol. The number of aryl methyl sites for hydroxylation is 1. The second kappa shape index (κ2) is 4.96. The number of carbonyl (C=O) groups is 1. The topological polar surface area (TPSA) is 62.5 Å². The largest absolute Gasteiger partial charge is 0.478 e. The number of hydrogen-bond acceptors (Lipinski definition) is 3. The van der Waals surface area contributed by atoms with E-state index in [1.54, 1.807) is 24.5 Å². The van der Waals surface area contributed by atoms with Gasteiger partial charge in [0.05, 0.1) is 17.9 Å². The fourth-order valence-corrected chi connectivity index (χ4v) is 1.80. The van der Waals surface area contributed by atoms with E-state index >= 15 is 0 Å². The summed E-state index contributed by atoms with van der Waals surface area (Å²) in [6, 6.07) is 8.88. The van der Waals surface area contributed by atoms with Crippen LogP contribution in [0.15, 0.2) is 41.0 Å². The Morgan fingerprint density at radius 3 is 2.78 bits per heavy atom. The van der Waals surface area contributed by atoms with Crippen molar-refractivity contribution in [2.75, 3.05) is 5.32 Å². The van der Waals surface area contributed by atoms with Crippen molar-refractivity contribution in [2.45, 2.75) is 19.9 Å². The van der Waals surface area contributed by atoms with E-state index in [1.807, 2.05) is 26.0 Å². The van der Waals surface area contributed by atoms with Crippen molar-refractivity contribution >= 4 is 11.7 Å². The third-order valence-corrected chi connectivity index (χ3v) is 2.75. The van der Waals surface area contributed by atoms with Crippen LogP contribution >= 0.6 is 0 Å². The average molecular weight is 245 g/mol. The molecule has 2 N–H and O–H groups in total. The lowest BCUT2D eigenvalue weighted by Gasteiger charge is -2.15. The number of carboxylic acid groups (broad SMARTS) is 1. The Hall–Kier alpha value is -2.23. The third kappa shape index (κ3) is 2.53. The molecule has 0 amide bonds. The van der Waals surface area contributed by atoms with Gasteiger partial charge in [0.15, 0.2) is 0 Å². The van der Waals surface area contributed by atoms with E-state index in [-0.39, 0.29) is 11.6 Å². The Bertz CT molecular complexity index is 546. The smallest absolute Gasteiger partial charge is 0.337 e. The molecule has 2 rings (SSSR count). The van der Waals surface area contributed by atoms with Crippen LogP contribution in [0.25, 0.3) is 0 Å². The molecular weight excluding hydrogens is 230 g/mol. The summed E-state index contributed by atoms with van der Waals surface area (Å²) in [4.78, 5) is 11.2. The molecule has 1 atom stereocenters. The van der Waals surface area contributed by atoms with Crippen LogP contribution in [0.2, 0.25) is 0 Å². The van der Waals surface area contributed by atoms with E-state index in [9.17, 15) is 9.90 Å². The van der Waals surface area contributed by atoms with Gasteiger partial charge in [-0.25, -0.2) is 4.79 Å². The quantitative estimate of drug-likeness (QED) is 0.865. The lowest BCUT2D eigenvalue weighted by Crippen LogP contribution is -2.10. The number of rotatable bonds is 4. The summed E-state index contributed by atoms with van der Waals surface area (Å²) in [5, 5.41) is 12.3. The third-order valence-electron chi connectivity index (χ3n) is 2.75. The lowest BCUT2D eigenvalue weighted by molar-refractivity contribution is 0.0697. The van der Waals surface area contributed by atoms with Crippen LogP contribution in [0.4, 0.5) is 5.69 Å². The molecule has 0 saturated carbocycles. The molecule has 18 heavy (non-hydrogen) atoms. The van der Waals surface area contributed by atoms with Crippen LogP contribution in [0.5, 0.6) is 0 Å². The van der Waals surface area contributed by atoms with Crippen LogP contribution in [0, 0.1) is 6.92 Å². The highest BCUT2D eigenvalue weighted by molar-refractivity contribution is 5.94. The van der Waals surface area contributed by atoms with Gasteiger partial charge in [-0.05, 0) is 38.1 Å². The zero-order chi connectivity index (χ0) is 13.1. The molecule has 0 fully saturated rings. The van der Waals surface area contributed by atoms with Gasteiger partial charge in [0.2, 0.25) is 0 Å². The van der Waals surface area contributed by atoms with Gasteiger partial charge in [0.1, 0.15) is 5.76 Å². The molecule has 0 radical (unpaired) electrons. The summed E-state index contributed by atoms with van der Waals surface area (Å²) in [7, 11) is 0. The van der Waals surface area contributed by atoms with E-state index < -0.39 is 5.97 Å². The van der Waals surface area contributed by atoms with Crippen molar-refractivity contribution in [3.05, 3.63) is 53.5 Å². The Morgan fingerprint density at radius 2 is 2.17 bits per heavy atom. The SMILES string of the molecule is Cc1ccc(NC(C)c2ccco2)c(C(=O)O)c1. The van der Waals surface area contributed by atoms with E-state index in [4.69, 9.17) is 4.42 Å². The molecule has 1 heterocycles. The second-order valence-electron chi connectivity index (χ2n) is 4.24. The van der Waals surface area contributed by atoms with Gasteiger partial charge < -0.3 is 14.8 Å². The van der Waals surface area contributed by atoms with Crippen LogP contribution in [-0.2, 0) is 0 Å². The van der Waals surface area contributed by atoms with Gasteiger partial charge in [0, 0.05) is 5.69 Å². The van der Waals surface area contributed by atoms with Crippen molar-refractivity contribution in [1.29, 1.82) is 0 Å². The van der Waals surface area contributed by atoms with Crippen molar-refractivity contribution < 1.29 is 14.3 Å². The molecule has 0 spiro atoms. The van der Waals surface area contributed by atoms with Gasteiger partial charge in [-0.1, -0.05) is 11.6 Å². The van der Waals surface area contributed by atoms with Gasteiger partial charge in [0.25, 0.3) is 0 Å². The molecule has 1 aromatic carbocycles. The predicted molar refractivity (Wildman–Crippen MR) is 68.9 cm³/mol. The van der Waals surface area contributed by atoms with Crippen molar-refractivity contribution in [3.8, 4) is 0 Å². The first-order valence-electron chi connectivity index (χ1n) is 5.72. The Labute approximate surface area is 105 Å². The Morgan fingerprint density at radius 1 is 1.39 bits per heavy atom. The molecule has 0 aliphatic carbocycles. The summed E-state index contributed by atoms with van der Waals surface area (Å²) >= 11 is 0. The maximum atomic E-state index is 11.2. The fourth-order valence-electron chi connectivity index (χ4n) is 1.80. The average Bonchev–Trinajstić information content (AvgIpc) is 2.84. The van der Waals surface area contributed by atoms with E-state index in [0.29, 0.717) is 5.69 Å². The van der Waals surface area contributed by atoms with Gasteiger partial charge in [-0.15, -0.1) is 0 Å². The molecule has 0 saturated heterocycles. The molecular formula is C14H15NO3. The number of furan rings is 1. The maximum Gasteiger partial charge on any atom is 0.337 e.